The molecule has 148 valence electrons. The summed E-state index contributed by atoms with van der Waals surface area (Å²) in [6.45, 7) is 4.41. The van der Waals surface area contributed by atoms with Crippen molar-refractivity contribution in [2.75, 3.05) is 12.4 Å². The Bertz CT molecular complexity index is 1170. The molecular formula is C22H22FN5O. The van der Waals surface area contributed by atoms with Crippen LogP contribution in [-0.2, 0) is 13.0 Å². The summed E-state index contributed by atoms with van der Waals surface area (Å²) in [4.78, 5) is 16.2. The number of hydrogen-bond donors (Lipinski definition) is 2. The molecule has 6 nitrogen and oxygen atoms in total. The largest absolute Gasteiger partial charge is 0.481 e. The van der Waals surface area contributed by atoms with Crippen LogP contribution < -0.4 is 10.1 Å². The van der Waals surface area contributed by atoms with E-state index >= 15 is 0 Å². The van der Waals surface area contributed by atoms with Gasteiger partial charge in [-0.05, 0) is 48.2 Å². The lowest BCUT2D eigenvalue weighted by Gasteiger charge is -2.12. The molecule has 4 rings (SSSR count). The van der Waals surface area contributed by atoms with Crippen LogP contribution >= 0.6 is 0 Å². The van der Waals surface area contributed by atoms with Crippen LogP contribution in [0.25, 0.3) is 11.0 Å². The second-order valence-corrected chi connectivity index (χ2v) is 7.08. The highest BCUT2D eigenvalue weighted by atomic mass is 19.1. The number of halogens is 1. The number of hydrogen-bond acceptors (Lipinski definition) is 5. The van der Waals surface area contributed by atoms with Gasteiger partial charge in [0.1, 0.15) is 17.3 Å². The molecule has 29 heavy (non-hydrogen) atoms. The molecule has 0 saturated carbocycles. The molecule has 7 heteroatoms. The fraction of sp³-hybridized carbons (Fsp3) is 0.227. The van der Waals surface area contributed by atoms with Gasteiger partial charge in [-0.2, -0.15) is 0 Å². The number of anilines is 1. The maximum Gasteiger partial charge on any atom is 0.218 e. The number of aromatic amines is 1. The van der Waals surface area contributed by atoms with E-state index < -0.39 is 5.82 Å². The van der Waals surface area contributed by atoms with Crippen LogP contribution in [0.1, 0.15) is 27.8 Å². The molecule has 0 aliphatic rings. The van der Waals surface area contributed by atoms with Gasteiger partial charge in [0.15, 0.2) is 0 Å². The van der Waals surface area contributed by atoms with Gasteiger partial charge in [0.2, 0.25) is 5.88 Å². The number of aromatic nitrogens is 4. The molecule has 0 aliphatic carbocycles. The summed E-state index contributed by atoms with van der Waals surface area (Å²) >= 11 is 0. The Morgan fingerprint density at radius 2 is 1.90 bits per heavy atom. The Balaban J connectivity index is 1.51. The molecule has 0 fully saturated rings. The van der Waals surface area contributed by atoms with Crippen molar-refractivity contribution in [3.05, 3.63) is 76.6 Å². The van der Waals surface area contributed by atoms with Crippen LogP contribution in [0.5, 0.6) is 5.88 Å². The van der Waals surface area contributed by atoms with Gasteiger partial charge in [0.25, 0.3) is 0 Å². The fourth-order valence-corrected chi connectivity index (χ4v) is 3.40. The predicted octanol–water partition coefficient (Wildman–Crippen LogP) is 4.32. The van der Waals surface area contributed by atoms with Crippen LogP contribution in [0.15, 0.2) is 43.0 Å². The van der Waals surface area contributed by atoms with Crippen LogP contribution in [-0.4, -0.2) is 27.0 Å². The van der Waals surface area contributed by atoms with E-state index in [-0.39, 0.29) is 0 Å². The highest BCUT2D eigenvalue weighted by molar-refractivity contribution is 5.80. The first-order valence-corrected chi connectivity index (χ1v) is 9.34. The molecule has 0 saturated heterocycles. The highest BCUT2D eigenvalue weighted by Gasteiger charge is 2.10. The van der Waals surface area contributed by atoms with Crippen molar-refractivity contribution in [3.8, 4) is 5.88 Å². The summed E-state index contributed by atoms with van der Waals surface area (Å²) in [7, 11) is 1.52. The zero-order valence-corrected chi connectivity index (χ0v) is 16.6. The summed E-state index contributed by atoms with van der Waals surface area (Å²) in [6, 6.07) is 5.67. The second kappa shape index (κ2) is 7.87. The molecule has 4 aromatic rings. The second-order valence-electron chi connectivity index (χ2n) is 7.08. The van der Waals surface area contributed by atoms with Gasteiger partial charge in [0.05, 0.1) is 13.3 Å². The average Bonchev–Trinajstić information content (AvgIpc) is 3.09. The topological polar surface area (TPSA) is 75.7 Å². The number of fused-ring (bicyclic) bond motifs is 1. The van der Waals surface area contributed by atoms with E-state index in [1.807, 2.05) is 32.4 Å². The Labute approximate surface area is 168 Å². The molecule has 0 atom stereocenters. The van der Waals surface area contributed by atoms with Crippen LogP contribution in [0, 0.1) is 19.7 Å². The third kappa shape index (κ3) is 4.03. The maximum absolute atomic E-state index is 13.5. The van der Waals surface area contributed by atoms with Crippen molar-refractivity contribution >= 4 is 16.9 Å². The SMILES string of the molecule is COc1ncc(F)cc1CNc1ncc(Cc2c[nH]c3ncc(C)cc23)cc1C. The Morgan fingerprint density at radius 3 is 2.69 bits per heavy atom. The van der Waals surface area contributed by atoms with Crippen molar-refractivity contribution in [2.45, 2.75) is 26.8 Å². The fourth-order valence-electron chi connectivity index (χ4n) is 3.40. The van der Waals surface area contributed by atoms with Crippen molar-refractivity contribution < 1.29 is 9.13 Å². The number of rotatable bonds is 6. The van der Waals surface area contributed by atoms with Crippen molar-refractivity contribution in [1.29, 1.82) is 0 Å². The summed E-state index contributed by atoms with van der Waals surface area (Å²) in [5.41, 5.74) is 5.98. The molecule has 0 bridgehead atoms. The molecule has 2 N–H and O–H groups in total. The maximum atomic E-state index is 13.5. The Morgan fingerprint density at radius 1 is 1.03 bits per heavy atom. The smallest absolute Gasteiger partial charge is 0.218 e. The number of nitrogens with one attached hydrogen (secondary N) is 2. The Kier molecular flexibility index (Phi) is 5.12. The van der Waals surface area contributed by atoms with Gasteiger partial charge in [0, 0.05) is 42.5 Å². The summed E-state index contributed by atoms with van der Waals surface area (Å²) in [5, 5.41) is 4.38. The van der Waals surface area contributed by atoms with Gasteiger partial charge < -0.3 is 15.0 Å². The van der Waals surface area contributed by atoms with E-state index in [4.69, 9.17) is 4.74 Å². The van der Waals surface area contributed by atoms with Crippen molar-refractivity contribution in [3.63, 3.8) is 0 Å². The van der Waals surface area contributed by atoms with Gasteiger partial charge in [-0.25, -0.2) is 19.3 Å². The van der Waals surface area contributed by atoms with Crippen LogP contribution in [0.3, 0.4) is 0 Å². The molecular weight excluding hydrogens is 369 g/mol. The summed E-state index contributed by atoms with van der Waals surface area (Å²) in [6.07, 6.45) is 7.63. The first-order chi connectivity index (χ1) is 14.0. The number of ether oxygens (including phenoxy) is 1. The first kappa shape index (κ1) is 18.9. The predicted molar refractivity (Wildman–Crippen MR) is 111 cm³/mol. The van der Waals surface area contributed by atoms with E-state index in [2.05, 4.69) is 37.4 Å². The lowest BCUT2D eigenvalue weighted by molar-refractivity contribution is 0.391. The number of nitrogens with zero attached hydrogens (tertiary/aromatic N) is 3. The monoisotopic (exact) mass is 391 g/mol. The van der Waals surface area contributed by atoms with Crippen LogP contribution in [0.2, 0.25) is 0 Å². The molecule has 0 radical (unpaired) electrons. The molecule has 4 aromatic heterocycles. The van der Waals surface area contributed by atoms with Gasteiger partial charge >= 0.3 is 0 Å². The standard InChI is InChI=1S/C22H22FN5O/c1-13-4-19-16(10-27-21(19)24-8-13)6-15-5-14(2)20(25-9-15)26-11-17-7-18(23)12-28-22(17)29-3/h4-5,7-10,12H,6,11H2,1-3H3,(H,24,27)(H,25,26). The highest BCUT2D eigenvalue weighted by Crippen LogP contribution is 2.23. The van der Waals surface area contributed by atoms with Crippen molar-refractivity contribution in [1.82, 2.24) is 19.9 Å². The van der Waals surface area contributed by atoms with Gasteiger partial charge in [-0.3, -0.25) is 0 Å². The lowest BCUT2D eigenvalue weighted by Crippen LogP contribution is -2.06. The molecule has 4 heterocycles. The Hall–Kier alpha value is -3.48. The zero-order valence-electron chi connectivity index (χ0n) is 16.6. The molecule has 0 spiro atoms. The van der Waals surface area contributed by atoms with E-state index in [9.17, 15) is 4.39 Å². The zero-order chi connectivity index (χ0) is 20.4. The third-order valence-corrected chi connectivity index (χ3v) is 4.81. The average molecular weight is 391 g/mol. The van der Waals surface area contributed by atoms with Gasteiger partial charge in [-0.1, -0.05) is 6.07 Å². The van der Waals surface area contributed by atoms with Crippen molar-refractivity contribution in [2.24, 2.45) is 0 Å². The molecule has 0 amide bonds. The molecule has 0 aliphatic heterocycles. The van der Waals surface area contributed by atoms with Gasteiger partial charge in [-0.15, -0.1) is 0 Å². The minimum atomic E-state index is -0.397. The van der Waals surface area contributed by atoms with E-state index in [1.165, 1.54) is 18.7 Å². The number of pyridine rings is 3. The number of methoxy groups -OCH3 is 1. The van der Waals surface area contributed by atoms with Crippen LogP contribution in [0.4, 0.5) is 10.2 Å². The normalized spacial score (nSPS) is 11.0. The minimum Gasteiger partial charge on any atom is -0.481 e. The number of aryl methyl sites for hydroxylation is 2. The first-order valence-electron chi connectivity index (χ1n) is 9.34. The molecule has 0 unspecified atom stereocenters. The summed E-state index contributed by atoms with van der Waals surface area (Å²) in [5.74, 6) is 0.749. The summed E-state index contributed by atoms with van der Waals surface area (Å²) < 4.78 is 18.7. The quantitative estimate of drug-likeness (QED) is 0.512. The van der Waals surface area contributed by atoms with E-state index in [1.54, 1.807) is 0 Å². The number of H-pyrrole nitrogens is 1. The van der Waals surface area contributed by atoms with E-state index in [0.717, 1.165) is 46.2 Å². The molecule has 0 aromatic carbocycles. The van der Waals surface area contributed by atoms with E-state index in [0.29, 0.717) is 18.0 Å². The third-order valence-electron chi connectivity index (χ3n) is 4.81. The lowest BCUT2D eigenvalue weighted by atomic mass is 10.0. The minimum absolute atomic E-state index is 0.370.